The molecule has 0 aliphatic heterocycles. The second-order valence-corrected chi connectivity index (χ2v) is 4.49. The second-order valence-electron chi connectivity index (χ2n) is 4.49. The third-order valence-electron chi connectivity index (χ3n) is 2.95. The van der Waals surface area contributed by atoms with Crippen LogP contribution in [0.3, 0.4) is 0 Å². The third kappa shape index (κ3) is 2.93. The molecule has 2 rings (SSSR count). The largest absolute Gasteiger partial charge is 0.385 e. The molecule has 0 atom stereocenters. The first-order valence-corrected chi connectivity index (χ1v) is 6.40. The summed E-state index contributed by atoms with van der Waals surface area (Å²) >= 11 is 0. The van der Waals surface area contributed by atoms with Crippen molar-refractivity contribution in [2.24, 2.45) is 0 Å². The molecular weight excluding hydrogens is 258 g/mol. The number of anilines is 1. The molecule has 106 valence electrons. The Labute approximate surface area is 116 Å². The zero-order valence-corrected chi connectivity index (χ0v) is 11.8. The molecule has 0 saturated heterocycles. The fourth-order valence-electron chi connectivity index (χ4n) is 2.06. The van der Waals surface area contributed by atoms with Crippen molar-refractivity contribution < 1.29 is 4.92 Å². The van der Waals surface area contributed by atoms with Gasteiger partial charge in [-0.15, -0.1) is 0 Å². The summed E-state index contributed by atoms with van der Waals surface area (Å²) in [6, 6.07) is 4.81. The van der Waals surface area contributed by atoms with E-state index in [0.29, 0.717) is 12.4 Å². The van der Waals surface area contributed by atoms with Gasteiger partial charge in [-0.2, -0.15) is 5.10 Å². The molecule has 0 bridgehead atoms. The number of nitro benzene ring substituents is 1. The molecule has 7 nitrogen and oxygen atoms in total. The highest BCUT2D eigenvalue weighted by molar-refractivity contribution is 5.56. The van der Waals surface area contributed by atoms with E-state index >= 15 is 0 Å². The van der Waals surface area contributed by atoms with Crippen LogP contribution in [0.1, 0.15) is 24.1 Å². The van der Waals surface area contributed by atoms with Crippen LogP contribution in [0.15, 0.2) is 18.2 Å². The average Bonchev–Trinajstić information content (AvgIpc) is 2.70. The van der Waals surface area contributed by atoms with Gasteiger partial charge in [-0.1, -0.05) is 0 Å². The standard InChI is InChI=1S/C13H17N5O2/c1-4-14-13-6-5-12(18(19)20)7-11(13)8-17-10(3)15-9(2)16-17/h5-7,14H,4,8H2,1-3H3. The molecule has 1 heterocycles. The van der Waals surface area contributed by atoms with Crippen LogP contribution in [0, 0.1) is 24.0 Å². The van der Waals surface area contributed by atoms with Crippen LogP contribution in [-0.4, -0.2) is 26.2 Å². The Morgan fingerprint density at radius 2 is 2.15 bits per heavy atom. The summed E-state index contributed by atoms with van der Waals surface area (Å²) in [6.07, 6.45) is 0. The van der Waals surface area contributed by atoms with Crippen LogP contribution in [0.4, 0.5) is 11.4 Å². The monoisotopic (exact) mass is 275 g/mol. The smallest absolute Gasteiger partial charge is 0.269 e. The van der Waals surface area contributed by atoms with Crippen molar-refractivity contribution in [1.29, 1.82) is 0 Å². The van der Waals surface area contributed by atoms with E-state index in [0.717, 1.165) is 23.6 Å². The lowest BCUT2D eigenvalue weighted by Crippen LogP contribution is -2.08. The molecule has 0 amide bonds. The number of benzene rings is 1. The van der Waals surface area contributed by atoms with E-state index in [4.69, 9.17) is 0 Å². The Balaban J connectivity index is 2.39. The SMILES string of the molecule is CCNc1ccc([N+](=O)[O-])cc1Cn1nc(C)nc1C. The van der Waals surface area contributed by atoms with E-state index in [1.807, 2.05) is 20.8 Å². The van der Waals surface area contributed by atoms with E-state index in [-0.39, 0.29) is 5.69 Å². The highest BCUT2D eigenvalue weighted by Gasteiger charge is 2.12. The van der Waals surface area contributed by atoms with Crippen molar-refractivity contribution >= 4 is 11.4 Å². The maximum absolute atomic E-state index is 10.9. The van der Waals surface area contributed by atoms with Crippen LogP contribution in [0.5, 0.6) is 0 Å². The minimum absolute atomic E-state index is 0.0798. The van der Waals surface area contributed by atoms with E-state index < -0.39 is 4.92 Å². The molecule has 0 unspecified atom stereocenters. The van der Waals surface area contributed by atoms with Crippen LogP contribution >= 0.6 is 0 Å². The maximum Gasteiger partial charge on any atom is 0.269 e. The fraction of sp³-hybridized carbons (Fsp3) is 0.385. The van der Waals surface area contributed by atoms with E-state index in [9.17, 15) is 10.1 Å². The number of nitrogens with zero attached hydrogens (tertiary/aromatic N) is 4. The van der Waals surface area contributed by atoms with Gasteiger partial charge >= 0.3 is 0 Å². The molecule has 0 saturated carbocycles. The second kappa shape index (κ2) is 5.68. The van der Waals surface area contributed by atoms with Crippen LogP contribution in [0.2, 0.25) is 0 Å². The summed E-state index contributed by atoms with van der Waals surface area (Å²) in [5.74, 6) is 1.48. The molecule has 0 radical (unpaired) electrons. The summed E-state index contributed by atoms with van der Waals surface area (Å²) in [4.78, 5) is 14.7. The molecule has 1 aromatic carbocycles. The minimum atomic E-state index is -0.390. The van der Waals surface area contributed by atoms with Crippen molar-refractivity contribution in [3.63, 3.8) is 0 Å². The summed E-state index contributed by atoms with van der Waals surface area (Å²) in [7, 11) is 0. The highest BCUT2D eigenvalue weighted by Crippen LogP contribution is 2.23. The molecule has 0 aliphatic carbocycles. The molecule has 2 aromatic rings. The predicted octanol–water partition coefficient (Wildman–Crippen LogP) is 2.28. The zero-order valence-electron chi connectivity index (χ0n) is 11.8. The fourth-order valence-corrected chi connectivity index (χ4v) is 2.06. The number of hydrogen-bond donors (Lipinski definition) is 1. The number of aromatic nitrogens is 3. The average molecular weight is 275 g/mol. The van der Waals surface area contributed by atoms with Crippen LogP contribution in [-0.2, 0) is 6.54 Å². The number of hydrogen-bond acceptors (Lipinski definition) is 5. The van der Waals surface area contributed by atoms with E-state index in [2.05, 4.69) is 15.4 Å². The van der Waals surface area contributed by atoms with E-state index in [1.165, 1.54) is 6.07 Å². The number of rotatable bonds is 5. The van der Waals surface area contributed by atoms with Crippen molar-refractivity contribution in [2.45, 2.75) is 27.3 Å². The van der Waals surface area contributed by atoms with Gasteiger partial charge in [-0.25, -0.2) is 9.67 Å². The molecule has 0 aliphatic rings. The number of nitro groups is 1. The highest BCUT2D eigenvalue weighted by atomic mass is 16.6. The quantitative estimate of drug-likeness (QED) is 0.668. The van der Waals surface area contributed by atoms with Gasteiger partial charge < -0.3 is 5.32 Å². The lowest BCUT2D eigenvalue weighted by atomic mass is 10.1. The molecule has 7 heteroatoms. The van der Waals surface area contributed by atoms with Crippen LogP contribution in [0.25, 0.3) is 0 Å². The molecular formula is C13H17N5O2. The maximum atomic E-state index is 10.9. The molecule has 20 heavy (non-hydrogen) atoms. The van der Waals surface area contributed by atoms with Gasteiger partial charge in [0.25, 0.3) is 5.69 Å². The first kappa shape index (κ1) is 14.0. The van der Waals surface area contributed by atoms with Gasteiger partial charge in [0.2, 0.25) is 0 Å². The van der Waals surface area contributed by atoms with Gasteiger partial charge in [-0.3, -0.25) is 10.1 Å². The summed E-state index contributed by atoms with van der Waals surface area (Å²) < 4.78 is 1.75. The minimum Gasteiger partial charge on any atom is -0.385 e. The number of non-ortho nitro benzene ring substituents is 1. The van der Waals surface area contributed by atoms with Crippen molar-refractivity contribution in [2.75, 3.05) is 11.9 Å². The Hall–Kier alpha value is -2.44. The van der Waals surface area contributed by atoms with Gasteiger partial charge in [0, 0.05) is 29.9 Å². The molecule has 0 fully saturated rings. The molecule has 0 spiro atoms. The van der Waals surface area contributed by atoms with Gasteiger partial charge in [0.1, 0.15) is 11.6 Å². The van der Waals surface area contributed by atoms with Gasteiger partial charge in [0.15, 0.2) is 0 Å². The lowest BCUT2D eigenvalue weighted by molar-refractivity contribution is -0.384. The van der Waals surface area contributed by atoms with Crippen molar-refractivity contribution in [3.05, 3.63) is 45.5 Å². The van der Waals surface area contributed by atoms with Crippen molar-refractivity contribution in [1.82, 2.24) is 14.8 Å². The first-order valence-electron chi connectivity index (χ1n) is 6.40. The number of nitrogens with one attached hydrogen (secondary N) is 1. The zero-order chi connectivity index (χ0) is 14.7. The van der Waals surface area contributed by atoms with Gasteiger partial charge in [-0.05, 0) is 26.8 Å². The Morgan fingerprint density at radius 1 is 1.40 bits per heavy atom. The topological polar surface area (TPSA) is 85.9 Å². The predicted molar refractivity (Wildman–Crippen MR) is 75.9 cm³/mol. The Kier molecular flexibility index (Phi) is 3.97. The third-order valence-corrected chi connectivity index (χ3v) is 2.95. The van der Waals surface area contributed by atoms with Crippen molar-refractivity contribution in [3.8, 4) is 0 Å². The Morgan fingerprint density at radius 3 is 2.70 bits per heavy atom. The summed E-state index contributed by atoms with van der Waals surface area (Å²) in [5, 5.41) is 18.4. The summed E-state index contributed by atoms with van der Waals surface area (Å²) in [6.45, 7) is 6.87. The molecule has 1 N–H and O–H groups in total. The lowest BCUT2D eigenvalue weighted by Gasteiger charge is -2.11. The summed E-state index contributed by atoms with van der Waals surface area (Å²) in [5.41, 5.74) is 1.79. The van der Waals surface area contributed by atoms with Crippen LogP contribution < -0.4 is 5.32 Å². The van der Waals surface area contributed by atoms with E-state index in [1.54, 1.807) is 16.8 Å². The van der Waals surface area contributed by atoms with Gasteiger partial charge in [0.05, 0.1) is 11.5 Å². The Bertz CT molecular complexity index is 636. The normalized spacial score (nSPS) is 10.6. The molecule has 1 aromatic heterocycles. The first-order chi connectivity index (χ1) is 9.51. The number of aryl methyl sites for hydroxylation is 2.